The largest absolute Gasteiger partial charge is 0.291 e. The predicted octanol–water partition coefficient (Wildman–Crippen LogP) is 3.01. The fourth-order valence-corrected chi connectivity index (χ4v) is 2.09. The molecule has 0 bridgehead atoms. The van der Waals surface area contributed by atoms with Crippen LogP contribution in [-0.4, -0.2) is 19.7 Å². The van der Waals surface area contributed by atoms with E-state index in [1.165, 1.54) is 10.9 Å². The van der Waals surface area contributed by atoms with E-state index in [1.807, 2.05) is 0 Å². The Hall–Kier alpha value is -1.28. The van der Waals surface area contributed by atoms with Crippen LogP contribution < -0.4 is 0 Å². The first-order valence-corrected chi connectivity index (χ1v) is 6.09. The normalized spacial score (nSPS) is 10.5. The van der Waals surface area contributed by atoms with Crippen LogP contribution in [0.5, 0.6) is 0 Å². The van der Waals surface area contributed by atoms with Crippen molar-refractivity contribution in [2.75, 3.05) is 0 Å². The molecule has 0 unspecified atom stereocenters. The number of nitrogens with zero attached hydrogens (tertiary/aromatic N) is 4. The minimum absolute atomic E-state index is 0.0214. The molecular weight excluding hydrogens is 356 g/mol. The number of aromatic nitrogens is 3. The van der Waals surface area contributed by atoms with E-state index in [9.17, 15) is 10.1 Å². The molecule has 0 radical (unpaired) electrons. The molecule has 17 heavy (non-hydrogen) atoms. The van der Waals surface area contributed by atoms with E-state index in [4.69, 9.17) is 0 Å². The second kappa shape index (κ2) is 4.53. The van der Waals surface area contributed by atoms with Crippen molar-refractivity contribution < 1.29 is 4.92 Å². The van der Waals surface area contributed by atoms with Crippen LogP contribution in [0, 0.1) is 17.0 Å². The van der Waals surface area contributed by atoms with Gasteiger partial charge in [0.15, 0.2) is 5.82 Å². The number of rotatable bonds is 2. The van der Waals surface area contributed by atoms with E-state index in [1.54, 1.807) is 19.3 Å². The van der Waals surface area contributed by atoms with Crippen LogP contribution in [0.3, 0.4) is 0 Å². The third-order valence-corrected chi connectivity index (χ3v) is 3.54. The van der Waals surface area contributed by atoms with Crippen molar-refractivity contribution in [3.8, 4) is 5.82 Å². The SMILES string of the molecule is Cc1c([N+](=O)[O-])cnc(-n2cc(Br)cn2)c1Br. The zero-order valence-corrected chi connectivity index (χ0v) is 11.8. The van der Waals surface area contributed by atoms with Gasteiger partial charge in [-0.05, 0) is 38.8 Å². The number of hydrogen-bond acceptors (Lipinski definition) is 4. The molecule has 0 aromatic carbocycles. The Balaban J connectivity index is 2.58. The second-order valence-electron chi connectivity index (χ2n) is 3.27. The monoisotopic (exact) mass is 360 g/mol. The molecule has 0 spiro atoms. The van der Waals surface area contributed by atoms with Crippen molar-refractivity contribution in [2.45, 2.75) is 6.92 Å². The lowest BCUT2D eigenvalue weighted by Crippen LogP contribution is -2.03. The summed E-state index contributed by atoms with van der Waals surface area (Å²) in [6.45, 7) is 1.66. The third kappa shape index (κ3) is 2.22. The Kier molecular flexibility index (Phi) is 3.25. The topological polar surface area (TPSA) is 73.8 Å². The van der Waals surface area contributed by atoms with Gasteiger partial charge in [0.1, 0.15) is 6.20 Å². The molecule has 0 fully saturated rings. The number of pyridine rings is 1. The molecule has 2 aromatic heterocycles. The lowest BCUT2D eigenvalue weighted by Gasteiger charge is -2.06. The first-order valence-electron chi connectivity index (χ1n) is 4.50. The fraction of sp³-hybridized carbons (Fsp3) is 0.111. The van der Waals surface area contributed by atoms with E-state index in [2.05, 4.69) is 41.9 Å². The molecule has 0 aliphatic heterocycles. The van der Waals surface area contributed by atoms with Crippen LogP contribution in [0.15, 0.2) is 27.5 Å². The minimum Gasteiger partial charge on any atom is -0.258 e. The first-order chi connectivity index (χ1) is 8.00. The van der Waals surface area contributed by atoms with Crippen LogP contribution in [0.2, 0.25) is 0 Å². The van der Waals surface area contributed by atoms with Gasteiger partial charge >= 0.3 is 0 Å². The highest BCUT2D eigenvalue weighted by Gasteiger charge is 2.18. The molecule has 2 aromatic rings. The summed E-state index contributed by atoms with van der Waals surface area (Å²) < 4.78 is 2.90. The molecule has 8 heteroatoms. The molecule has 0 atom stereocenters. The number of halogens is 2. The Morgan fingerprint density at radius 2 is 2.12 bits per heavy atom. The van der Waals surface area contributed by atoms with Crippen LogP contribution in [0.25, 0.3) is 5.82 Å². The smallest absolute Gasteiger partial charge is 0.258 e. The summed E-state index contributed by atoms with van der Waals surface area (Å²) in [5, 5.41) is 14.8. The molecule has 6 nitrogen and oxygen atoms in total. The first kappa shape index (κ1) is 12.2. The Bertz CT molecular complexity index is 597. The van der Waals surface area contributed by atoms with E-state index >= 15 is 0 Å². The molecule has 0 aliphatic carbocycles. The summed E-state index contributed by atoms with van der Waals surface area (Å²) in [6.07, 6.45) is 4.56. The molecule has 0 saturated heterocycles. The maximum Gasteiger partial charge on any atom is 0.291 e. The molecule has 0 N–H and O–H groups in total. The molecule has 88 valence electrons. The second-order valence-corrected chi connectivity index (χ2v) is 4.97. The molecule has 2 heterocycles. The van der Waals surface area contributed by atoms with Crippen LogP contribution >= 0.6 is 31.9 Å². The Morgan fingerprint density at radius 1 is 1.41 bits per heavy atom. The number of hydrogen-bond donors (Lipinski definition) is 0. The van der Waals surface area contributed by atoms with Gasteiger partial charge in [0.25, 0.3) is 5.69 Å². The van der Waals surface area contributed by atoms with Crippen molar-refractivity contribution in [1.29, 1.82) is 0 Å². The third-order valence-electron chi connectivity index (χ3n) is 2.18. The average Bonchev–Trinajstić information content (AvgIpc) is 2.68. The van der Waals surface area contributed by atoms with Gasteiger partial charge < -0.3 is 0 Å². The molecule has 2 rings (SSSR count). The fourth-order valence-electron chi connectivity index (χ4n) is 1.32. The van der Waals surface area contributed by atoms with E-state index < -0.39 is 4.92 Å². The van der Waals surface area contributed by atoms with E-state index in [0.29, 0.717) is 15.9 Å². The lowest BCUT2D eigenvalue weighted by atomic mass is 10.2. The van der Waals surface area contributed by atoms with Crippen molar-refractivity contribution in [2.24, 2.45) is 0 Å². The molecule has 0 amide bonds. The Morgan fingerprint density at radius 3 is 2.65 bits per heavy atom. The van der Waals surface area contributed by atoms with Gasteiger partial charge in [-0.1, -0.05) is 0 Å². The van der Waals surface area contributed by atoms with Gasteiger partial charge in [-0.2, -0.15) is 5.10 Å². The quantitative estimate of drug-likeness (QED) is 0.608. The predicted molar refractivity (Wildman–Crippen MR) is 68.2 cm³/mol. The van der Waals surface area contributed by atoms with Crippen LogP contribution in [-0.2, 0) is 0 Å². The van der Waals surface area contributed by atoms with Crippen molar-refractivity contribution in [1.82, 2.24) is 14.8 Å². The van der Waals surface area contributed by atoms with Crippen LogP contribution in [0.1, 0.15) is 5.56 Å². The summed E-state index contributed by atoms with van der Waals surface area (Å²) in [4.78, 5) is 14.3. The van der Waals surface area contributed by atoms with Gasteiger partial charge in [0, 0.05) is 11.8 Å². The summed E-state index contributed by atoms with van der Waals surface area (Å²) in [6, 6.07) is 0. The molecule has 0 aliphatic rings. The van der Waals surface area contributed by atoms with Crippen molar-refractivity contribution >= 4 is 37.5 Å². The maximum absolute atomic E-state index is 10.7. The highest BCUT2D eigenvalue weighted by molar-refractivity contribution is 9.11. The zero-order valence-electron chi connectivity index (χ0n) is 8.59. The van der Waals surface area contributed by atoms with Crippen LogP contribution in [0.4, 0.5) is 5.69 Å². The molecule has 0 saturated carbocycles. The average molecular weight is 362 g/mol. The number of nitro groups is 1. The maximum atomic E-state index is 10.7. The summed E-state index contributed by atoms with van der Waals surface area (Å²) >= 11 is 6.58. The van der Waals surface area contributed by atoms with Crippen molar-refractivity contribution in [3.63, 3.8) is 0 Å². The summed E-state index contributed by atoms with van der Waals surface area (Å²) in [5.41, 5.74) is 0.499. The van der Waals surface area contributed by atoms with Gasteiger partial charge in [0.05, 0.1) is 20.1 Å². The minimum atomic E-state index is -0.462. The van der Waals surface area contributed by atoms with Gasteiger partial charge in [-0.15, -0.1) is 0 Å². The standard InChI is InChI=1S/C9H6Br2N4O2/c1-5-7(15(16)17)3-12-9(8(5)11)14-4-6(10)2-13-14/h2-4H,1H3. The van der Waals surface area contributed by atoms with E-state index in [-0.39, 0.29) is 5.69 Å². The Labute approximate surface area is 113 Å². The van der Waals surface area contributed by atoms with Gasteiger partial charge in [-0.25, -0.2) is 9.67 Å². The van der Waals surface area contributed by atoms with Gasteiger partial charge in [0.2, 0.25) is 0 Å². The summed E-state index contributed by atoms with van der Waals surface area (Å²) in [5.74, 6) is 0.513. The zero-order chi connectivity index (χ0) is 12.6. The van der Waals surface area contributed by atoms with Gasteiger partial charge in [-0.3, -0.25) is 10.1 Å². The lowest BCUT2D eigenvalue weighted by molar-refractivity contribution is -0.385. The summed E-state index contributed by atoms with van der Waals surface area (Å²) in [7, 11) is 0. The molecular formula is C9H6Br2N4O2. The highest BCUT2D eigenvalue weighted by Crippen LogP contribution is 2.29. The van der Waals surface area contributed by atoms with E-state index in [0.717, 1.165) is 4.47 Å². The van der Waals surface area contributed by atoms with Crippen molar-refractivity contribution in [3.05, 3.63) is 43.2 Å². The highest BCUT2D eigenvalue weighted by atomic mass is 79.9.